The maximum atomic E-state index is 11.1. The monoisotopic (exact) mass is 376 g/mol. The van der Waals surface area contributed by atoms with E-state index < -0.39 is 5.97 Å². The molecule has 6 heteroatoms. The van der Waals surface area contributed by atoms with E-state index in [2.05, 4.69) is 10.5 Å². The van der Waals surface area contributed by atoms with Crippen molar-refractivity contribution in [2.24, 2.45) is 5.10 Å². The molecule has 0 spiro atoms. The summed E-state index contributed by atoms with van der Waals surface area (Å²) in [5, 5.41) is 13.3. The molecule has 2 N–H and O–H groups in total. The third-order valence-electron chi connectivity index (χ3n) is 3.94. The molecule has 3 aromatic carbocycles. The largest absolute Gasteiger partial charge is 0.493 e. The first-order valence-corrected chi connectivity index (χ1v) is 8.63. The predicted octanol–water partition coefficient (Wildman–Crippen LogP) is 4.42. The van der Waals surface area contributed by atoms with Crippen LogP contribution in [0.3, 0.4) is 0 Å². The van der Waals surface area contributed by atoms with Crippen molar-refractivity contribution in [1.82, 2.24) is 0 Å². The number of para-hydroxylation sites is 1. The van der Waals surface area contributed by atoms with Gasteiger partial charge in [-0.1, -0.05) is 30.3 Å². The summed E-state index contributed by atoms with van der Waals surface area (Å²) in [6.07, 6.45) is 1.69. The summed E-state index contributed by atoms with van der Waals surface area (Å²) in [5.41, 5.74) is 5.69. The number of nitrogens with zero attached hydrogens (tertiary/aromatic N) is 1. The van der Waals surface area contributed by atoms with Gasteiger partial charge in [0.1, 0.15) is 6.61 Å². The van der Waals surface area contributed by atoms with Gasteiger partial charge in [0.25, 0.3) is 0 Å². The maximum absolute atomic E-state index is 11.1. The van der Waals surface area contributed by atoms with Gasteiger partial charge in [-0.15, -0.1) is 0 Å². The zero-order chi connectivity index (χ0) is 19.8. The van der Waals surface area contributed by atoms with Crippen LogP contribution in [0, 0.1) is 0 Å². The summed E-state index contributed by atoms with van der Waals surface area (Å²) in [5.74, 6) is 0.168. The molecule has 3 rings (SSSR count). The summed E-state index contributed by atoms with van der Waals surface area (Å²) >= 11 is 0. The van der Waals surface area contributed by atoms with Crippen LogP contribution in [-0.4, -0.2) is 24.4 Å². The lowest BCUT2D eigenvalue weighted by Crippen LogP contribution is -2.01. The number of hydrogen-bond acceptors (Lipinski definition) is 5. The Balaban J connectivity index is 1.66. The SMILES string of the molecule is COc1cc(/C=N/Nc2ccccc2)ccc1OCc1cccc(C(=O)O)c1. The van der Waals surface area contributed by atoms with Crippen LogP contribution in [0.1, 0.15) is 21.5 Å². The van der Waals surface area contributed by atoms with Crippen LogP contribution in [0.4, 0.5) is 5.69 Å². The quantitative estimate of drug-likeness (QED) is 0.449. The van der Waals surface area contributed by atoms with Crippen molar-refractivity contribution in [3.05, 3.63) is 89.5 Å². The molecule has 0 radical (unpaired) electrons. The molecular formula is C22H20N2O4. The molecular weight excluding hydrogens is 356 g/mol. The van der Waals surface area contributed by atoms with Gasteiger partial charge in [0.15, 0.2) is 11.5 Å². The Morgan fingerprint density at radius 3 is 2.61 bits per heavy atom. The second kappa shape index (κ2) is 9.23. The molecule has 0 atom stereocenters. The van der Waals surface area contributed by atoms with Crippen molar-refractivity contribution >= 4 is 17.9 Å². The molecule has 0 saturated heterocycles. The molecule has 0 bridgehead atoms. The smallest absolute Gasteiger partial charge is 0.335 e. The first-order valence-electron chi connectivity index (χ1n) is 8.63. The maximum Gasteiger partial charge on any atom is 0.335 e. The number of ether oxygens (including phenoxy) is 2. The zero-order valence-corrected chi connectivity index (χ0v) is 15.3. The van der Waals surface area contributed by atoms with Crippen LogP contribution in [0.5, 0.6) is 11.5 Å². The van der Waals surface area contributed by atoms with Crippen LogP contribution in [0.25, 0.3) is 0 Å². The van der Waals surface area contributed by atoms with Crippen molar-refractivity contribution in [3.8, 4) is 11.5 Å². The van der Waals surface area contributed by atoms with Gasteiger partial charge in [0.05, 0.1) is 24.6 Å². The number of benzene rings is 3. The van der Waals surface area contributed by atoms with Gasteiger partial charge >= 0.3 is 5.97 Å². The van der Waals surface area contributed by atoms with Gasteiger partial charge in [0.2, 0.25) is 0 Å². The summed E-state index contributed by atoms with van der Waals surface area (Å²) in [6.45, 7) is 0.237. The molecule has 28 heavy (non-hydrogen) atoms. The minimum absolute atomic E-state index is 0.227. The molecule has 0 aliphatic carbocycles. The molecule has 142 valence electrons. The number of carboxylic acid groups (broad SMARTS) is 1. The van der Waals surface area contributed by atoms with E-state index in [-0.39, 0.29) is 12.2 Å². The van der Waals surface area contributed by atoms with E-state index in [0.717, 1.165) is 16.8 Å². The number of anilines is 1. The first kappa shape index (κ1) is 19.0. The molecule has 0 saturated carbocycles. The van der Waals surface area contributed by atoms with Crippen molar-refractivity contribution in [1.29, 1.82) is 0 Å². The summed E-state index contributed by atoms with van der Waals surface area (Å²) in [6, 6.07) is 21.8. The topological polar surface area (TPSA) is 80.1 Å². The van der Waals surface area contributed by atoms with Crippen LogP contribution in [0.2, 0.25) is 0 Å². The predicted molar refractivity (Wildman–Crippen MR) is 108 cm³/mol. The van der Waals surface area contributed by atoms with Gasteiger partial charge < -0.3 is 14.6 Å². The lowest BCUT2D eigenvalue weighted by molar-refractivity contribution is 0.0696. The standard InChI is InChI=1S/C22H20N2O4/c1-27-21-13-16(14-23-24-19-8-3-2-4-9-19)10-11-20(21)28-15-17-6-5-7-18(12-17)22(25)26/h2-14,24H,15H2,1H3,(H,25,26)/b23-14+. The molecule has 0 aliphatic heterocycles. The van der Waals surface area contributed by atoms with Gasteiger partial charge in [-0.3, -0.25) is 5.43 Å². The van der Waals surface area contributed by atoms with E-state index in [0.29, 0.717) is 11.5 Å². The van der Waals surface area contributed by atoms with Gasteiger partial charge in [-0.25, -0.2) is 4.79 Å². The number of carbonyl (C=O) groups is 1. The fraction of sp³-hybridized carbons (Fsp3) is 0.0909. The van der Waals surface area contributed by atoms with Crippen molar-refractivity contribution in [2.45, 2.75) is 6.61 Å². The number of hydrazone groups is 1. The fourth-order valence-corrected chi connectivity index (χ4v) is 2.53. The van der Waals surface area contributed by atoms with E-state index in [9.17, 15) is 4.79 Å². The van der Waals surface area contributed by atoms with E-state index >= 15 is 0 Å². The summed E-state index contributed by atoms with van der Waals surface area (Å²) < 4.78 is 11.2. The summed E-state index contributed by atoms with van der Waals surface area (Å²) in [7, 11) is 1.57. The van der Waals surface area contributed by atoms with Gasteiger partial charge in [0, 0.05) is 0 Å². The van der Waals surface area contributed by atoms with Crippen molar-refractivity contribution in [3.63, 3.8) is 0 Å². The highest BCUT2D eigenvalue weighted by atomic mass is 16.5. The Morgan fingerprint density at radius 1 is 1.04 bits per heavy atom. The Kier molecular flexibility index (Phi) is 6.25. The Morgan fingerprint density at radius 2 is 1.86 bits per heavy atom. The van der Waals surface area contributed by atoms with Crippen LogP contribution < -0.4 is 14.9 Å². The lowest BCUT2D eigenvalue weighted by Gasteiger charge is -2.11. The number of carboxylic acids is 1. The highest BCUT2D eigenvalue weighted by molar-refractivity contribution is 5.87. The number of methoxy groups -OCH3 is 1. The Labute approximate surface area is 163 Å². The second-order valence-corrected chi connectivity index (χ2v) is 5.94. The van der Waals surface area contributed by atoms with Gasteiger partial charge in [-0.2, -0.15) is 5.10 Å². The van der Waals surface area contributed by atoms with E-state index in [1.165, 1.54) is 0 Å². The normalized spacial score (nSPS) is 10.6. The molecule has 0 heterocycles. The number of rotatable bonds is 8. The molecule has 6 nitrogen and oxygen atoms in total. The summed E-state index contributed by atoms with van der Waals surface area (Å²) in [4.78, 5) is 11.1. The highest BCUT2D eigenvalue weighted by Crippen LogP contribution is 2.28. The van der Waals surface area contributed by atoms with Crippen LogP contribution in [0.15, 0.2) is 77.9 Å². The van der Waals surface area contributed by atoms with Crippen molar-refractivity contribution < 1.29 is 19.4 Å². The van der Waals surface area contributed by atoms with E-state index in [1.54, 1.807) is 37.6 Å². The molecule has 3 aromatic rings. The molecule has 0 aliphatic rings. The molecule has 0 fully saturated rings. The fourth-order valence-electron chi connectivity index (χ4n) is 2.53. The number of nitrogens with one attached hydrogen (secondary N) is 1. The number of hydrogen-bond donors (Lipinski definition) is 2. The average Bonchev–Trinajstić information content (AvgIpc) is 2.73. The van der Waals surface area contributed by atoms with E-state index in [1.807, 2.05) is 48.5 Å². The minimum Gasteiger partial charge on any atom is -0.493 e. The van der Waals surface area contributed by atoms with Gasteiger partial charge in [-0.05, 0) is 53.6 Å². The Hall–Kier alpha value is -3.80. The third kappa shape index (κ3) is 5.11. The van der Waals surface area contributed by atoms with Crippen molar-refractivity contribution in [2.75, 3.05) is 12.5 Å². The number of aromatic carboxylic acids is 1. The average molecular weight is 376 g/mol. The van der Waals surface area contributed by atoms with E-state index in [4.69, 9.17) is 14.6 Å². The molecule has 0 unspecified atom stereocenters. The second-order valence-electron chi connectivity index (χ2n) is 5.94. The lowest BCUT2D eigenvalue weighted by atomic mass is 10.1. The first-order chi connectivity index (χ1) is 13.7. The molecule has 0 aromatic heterocycles. The minimum atomic E-state index is -0.966. The Bertz CT molecular complexity index is 971. The van der Waals surface area contributed by atoms with Crippen LogP contribution in [-0.2, 0) is 6.61 Å². The highest BCUT2D eigenvalue weighted by Gasteiger charge is 2.07. The third-order valence-corrected chi connectivity index (χ3v) is 3.94. The zero-order valence-electron chi connectivity index (χ0n) is 15.3. The van der Waals surface area contributed by atoms with Crippen LogP contribution >= 0.6 is 0 Å². The molecule has 0 amide bonds.